The summed E-state index contributed by atoms with van der Waals surface area (Å²) in [6, 6.07) is 12.2. The van der Waals surface area contributed by atoms with Gasteiger partial charge in [0.1, 0.15) is 17.9 Å². The van der Waals surface area contributed by atoms with Crippen molar-refractivity contribution in [2.75, 3.05) is 43.2 Å². The number of likely N-dealkylation sites (tertiary alicyclic amines) is 1. The Morgan fingerprint density at radius 2 is 1.95 bits per heavy atom. The number of nitrogens with two attached hydrogens (primary N) is 1. The van der Waals surface area contributed by atoms with E-state index >= 15 is 0 Å². The highest BCUT2D eigenvalue weighted by molar-refractivity contribution is 5.85. The quantitative estimate of drug-likeness (QED) is 0.384. The molecule has 0 unspecified atom stereocenters. The number of benzene rings is 2. The Bertz CT molecular complexity index is 1440. The van der Waals surface area contributed by atoms with E-state index < -0.39 is 0 Å². The number of hydrogen-bond donors (Lipinski definition) is 2. The monoisotopic (exact) mass is 500 g/mol. The van der Waals surface area contributed by atoms with Gasteiger partial charge in [-0.3, -0.25) is 9.48 Å². The van der Waals surface area contributed by atoms with Gasteiger partial charge < -0.3 is 25.6 Å². The van der Waals surface area contributed by atoms with Crippen molar-refractivity contribution in [2.24, 2.45) is 7.05 Å². The molecule has 0 aliphatic carbocycles. The van der Waals surface area contributed by atoms with Gasteiger partial charge in [-0.2, -0.15) is 5.10 Å². The van der Waals surface area contributed by atoms with E-state index in [1.165, 1.54) is 6.33 Å². The first-order valence-corrected chi connectivity index (χ1v) is 12.3. The van der Waals surface area contributed by atoms with Crippen LogP contribution in [0.3, 0.4) is 0 Å². The van der Waals surface area contributed by atoms with Crippen molar-refractivity contribution in [1.82, 2.24) is 24.6 Å². The zero-order valence-electron chi connectivity index (χ0n) is 21.6. The first-order chi connectivity index (χ1) is 17.8. The van der Waals surface area contributed by atoms with Crippen LogP contribution in [0.25, 0.3) is 22.2 Å². The van der Waals surface area contributed by atoms with Gasteiger partial charge >= 0.3 is 0 Å². The van der Waals surface area contributed by atoms with Gasteiger partial charge in [0.25, 0.3) is 0 Å². The number of carbonyl (C=O) groups is 1. The standard InChI is InChI=1S/C27H32N8O2/c1-17(36)35-9-7-20(8-10-35)33(2)25-14-26(37-4)23(12-21(25)28)32-27-13-22(29-16-30-27)18-5-6-24-19(11-18)15-31-34(24)3/h5-6,11-16,20H,7-10,28H2,1-4H3,(H,29,30,32). The largest absolute Gasteiger partial charge is 0.494 e. The average Bonchev–Trinajstić information content (AvgIpc) is 3.28. The number of anilines is 4. The van der Waals surface area contributed by atoms with Crippen molar-refractivity contribution < 1.29 is 9.53 Å². The van der Waals surface area contributed by atoms with Crippen molar-refractivity contribution in [1.29, 1.82) is 0 Å². The normalized spacial score (nSPS) is 14.1. The minimum Gasteiger partial charge on any atom is -0.494 e. The highest BCUT2D eigenvalue weighted by atomic mass is 16.5. The van der Waals surface area contributed by atoms with Crippen molar-refractivity contribution in [3.05, 3.63) is 48.9 Å². The van der Waals surface area contributed by atoms with Gasteiger partial charge in [-0.05, 0) is 31.0 Å². The molecule has 2 aromatic carbocycles. The fraction of sp³-hybridized carbons (Fsp3) is 0.333. The molecule has 10 heteroatoms. The molecule has 0 spiro atoms. The van der Waals surface area contributed by atoms with E-state index in [0.717, 1.165) is 59.5 Å². The lowest BCUT2D eigenvalue weighted by atomic mass is 10.0. The third-order valence-electron chi connectivity index (χ3n) is 7.16. The molecule has 0 atom stereocenters. The topological polar surface area (TPSA) is 114 Å². The molecule has 1 aliphatic rings. The second-order valence-corrected chi connectivity index (χ2v) is 9.41. The molecule has 37 heavy (non-hydrogen) atoms. The Morgan fingerprint density at radius 1 is 1.16 bits per heavy atom. The molecule has 1 amide bonds. The van der Waals surface area contributed by atoms with E-state index in [9.17, 15) is 4.79 Å². The number of amides is 1. The number of aryl methyl sites for hydroxylation is 1. The lowest BCUT2D eigenvalue weighted by Gasteiger charge is -2.38. The molecular weight excluding hydrogens is 468 g/mol. The molecule has 1 saturated heterocycles. The maximum absolute atomic E-state index is 11.7. The van der Waals surface area contributed by atoms with E-state index in [2.05, 4.69) is 31.3 Å². The summed E-state index contributed by atoms with van der Waals surface area (Å²) in [7, 11) is 5.61. The summed E-state index contributed by atoms with van der Waals surface area (Å²) >= 11 is 0. The van der Waals surface area contributed by atoms with Crippen molar-refractivity contribution in [2.45, 2.75) is 25.8 Å². The van der Waals surface area contributed by atoms with Crippen molar-refractivity contribution in [3.63, 3.8) is 0 Å². The zero-order valence-corrected chi connectivity index (χ0v) is 21.6. The maximum atomic E-state index is 11.7. The number of fused-ring (bicyclic) bond motifs is 1. The Kier molecular flexibility index (Phi) is 6.56. The van der Waals surface area contributed by atoms with Gasteiger partial charge in [-0.15, -0.1) is 0 Å². The van der Waals surface area contributed by atoms with Crippen LogP contribution in [0.15, 0.2) is 48.9 Å². The second-order valence-electron chi connectivity index (χ2n) is 9.41. The summed E-state index contributed by atoms with van der Waals surface area (Å²) in [5, 5.41) is 8.71. The predicted molar refractivity (Wildman–Crippen MR) is 146 cm³/mol. The molecule has 3 N–H and O–H groups in total. The van der Waals surface area contributed by atoms with Crippen LogP contribution in [0.2, 0.25) is 0 Å². The first-order valence-electron chi connectivity index (χ1n) is 12.3. The number of nitrogens with zero attached hydrogens (tertiary/aromatic N) is 6. The van der Waals surface area contributed by atoms with E-state index in [1.807, 2.05) is 60.2 Å². The maximum Gasteiger partial charge on any atom is 0.219 e. The van der Waals surface area contributed by atoms with Crippen LogP contribution in [0.1, 0.15) is 19.8 Å². The Balaban J connectivity index is 1.37. The summed E-state index contributed by atoms with van der Waals surface area (Å²) in [5.41, 5.74) is 11.6. The molecule has 5 rings (SSSR count). The number of methoxy groups -OCH3 is 1. The zero-order chi connectivity index (χ0) is 26.1. The molecule has 0 bridgehead atoms. The van der Waals surface area contributed by atoms with E-state index in [4.69, 9.17) is 10.5 Å². The smallest absolute Gasteiger partial charge is 0.219 e. The Morgan fingerprint density at radius 3 is 2.68 bits per heavy atom. The van der Waals surface area contributed by atoms with Gasteiger partial charge in [0.15, 0.2) is 0 Å². The number of carbonyl (C=O) groups excluding carboxylic acids is 1. The van der Waals surface area contributed by atoms with Crippen LogP contribution in [0.4, 0.5) is 22.9 Å². The molecule has 192 valence electrons. The second kappa shape index (κ2) is 9.96. The fourth-order valence-corrected chi connectivity index (χ4v) is 4.97. The van der Waals surface area contributed by atoms with Crippen molar-refractivity contribution in [3.8, 4) is 17.0 Å². The van der Waals surface area contributed by atoms with Gasteiger partial charge in [0.2, 0.25) is 5.91 Å². The summed E-state index contributed by atoms with van der Waals surface area (Å²) in [6.45, 7) is 3.13. The summed E-state index contributed by atoms with van der Waals surface area (Å²) < 4.78 is 7.56. The molecule has 10 nitrogen and oxygen atoms in total. The summed E-state index contributed by atoms with van der Waals surface area (Å²) in [4.78, 5) is 24.6. The summed E-state index contributed by atoms with van der Waals surface area (Å²) in [5.74, 6) is 1.42. The number of ether oxygens (including phenoxy) is 1. The minimum atomic E-state index is 0.128. The third-order valence-corrected chi connectivity index (χ3v) is 7.16. The van der Waals surface area contributed by atoms with Crippen LogP contribution >= 0.6 is 0 Å². The number of hydrogen-bond acceptors (Lipinski definition) is 8. The average molecular weight is 501 g/mol. The molecule has 0 saturated carbocycles. The lowest BCUT2D eigenvalue weighted by molar-refractivity contribution is -0.129. The van der Waals surface area contributed by atoms with Crippen molar-refractivity contribution >= 4 is 39.7 Å². The fourth-order valence-electron chi connectivity index (χ4n) is 4.97. The van der Waals surface area contributed by atoms with E-state index in [0.29, 0.717) is 23.3 Å². The molecule has 3 heterocycles. The number of nitrogen functional groups attached to an aromatic ring is 1. The van der Waals surface area contributed by atoms with Gasteiger partial charge in [-0.25, -0.2) is 9.97 Å². The SMILES string of the molecule is COc1cc(N(C)C2CCN(C(C)=O)CC2)c(N)cc1Nc1cc(-c2ccc3c(cnn3C)c2)ncn1. The van der Waals surface area contributed by atoms with Crippen LogP contribution in [0.5, 0.6) is 5.75 Å². The Hall–Kier alpha value is -4.34. The van der Waals surface area contributed by atoms with Crippen LogP contribution in [0, 0.1) is 0 Å². The molecule has 0 radical (unpaired) electrons. The van der Waals surface area contributed by atoms with E-state index in [1.54, 1.807) is 14.0 Å². The third kappa shape index (κ3) is 4.87. The highest BCUT2D eigenvalue weighted by Gasteiger charge is 2.25. The van der Waals surface area contributed by atoms with Gasteiger partial charge in [0.05, 0.1) is 41.6 Å². The number of nitrogens with one attached hydrogen (secondary N) is 1. The molecular formula is C27H32N8O2. The number of rotatable bonds is 6. The van der Waals surface area contributed by atoms with Gasteiger partial charge in [0, 0.05) is 63.2 Å². The molecule has 4 aromatic rings. The predicted octanol–water partition coefficient (Wildman–Crippen LogP) is 3.81. The molecule has 1 aliphatic heterocycles. The first kappa shape index (κ1) is 24.4. The van der Waals surface area contributed by atoms with Gasteiger partial charge in [-0.1, -0.05) is 6.07 Å². The molecule has 1 fully saturated rings. The lowest BCUT2D eigenvalue weighted by Crippen LogP contribution is -2.45. The number of piperidine rings is 1. The minimum absolute atomic E-state index is 0.128. The Labute approximate surface area is 216 Å². The van der Waals surface area contributed by atoms with E-state index in [-0.39, 0.29) is 5.91 Å². The van der Waals surface area contributed by atoms with Crippen LogP contribution < -0.4 is 20.7 Å². The molecule has 2 aromatic heterocycles. The highest BCUT2D eigenvalue weighted by Crippen LogP contribution is 2.38. The summed E-state index contributed by atoms with van der Waals surface area (Å²) in [6.07, 6.45) is 5.17. The van der Waals surface area contributed by atoms with Crippen LogP contribution in [-0.4, -0.2) is 63.8 Å². The van der Waals surface area contributed by atoms with Crippen LogP contribution in [-0.2, 0) is 11.8 Å². The number of aromatic nitrogens is 4.